The Morgan fingerprint density at radius 2 is 2.04 bits per heavy atom. The number of hydrogen-bond donors (Lipinski definition) is 2. The van der Waals surface area contributed by atoms with E-state index < -0.39 is 12.7 Å². The maximum absolute atomic E-state index is 12.4. The average Bonchev–Trinajstić information content (AvgIpc) is 3.00. The quantitative estimate of drug-likeness (QED) is 0.369. The number of aliphatic imine (C=N–C) groups is 1. The van der Waals surface area contributed by atoms with Crippen LogP contribution in [-0.4, -0.2) is 57.4 Å². The summed E-state index contributed by atoms with van der Waals surface area (Å²) in [5, 5.41) is 6.39. The standard InChI is InChI=1S/C17H25F3N4O.HI/c1-21-16(23-10-14-5-3-4-6-15(14)25-2)22-9-13-7-8-24(11-13)12-17(18,19)20;/h3-6,13H,7-12H2,1-2H3,(H2,21,22,23);1H. The molecule has 1 saturated heterocycles. The summed E-state index contributed by atoms with van der Waals surface area (Å²) in [7, 11) is 3.29. The fraction of sp³-hybridized carbons (Fsp3) is 0.588. The van der Waals surface area contributed by atoms with Crippen molar-refractivity contribution >= 4 is 29.9 Å². The molecule has 1 unspecified atom stereocenters. The van der Waals surface area contributed by atoms with Crippen LogP contribution in [0.5, 0.6) is 5.75 Å². The molecule has 1 aromatic carbocycles. The molecule has 2 N–H and O–H groups in total. The third kappa shape index (κ3) is 7.56. The monoisotopic (exact) mass is 486 g/mol. The van der Waals surface area contributed by atoms with Crippen molar-refractivity contribution in [3.63, 3.8) is 0 Å². The van der Waals surface area contributed by atoms with Gasteiger partial charge in [0.25, 0.3) is 0 Å². The number of rotatable bonds is 6. The fourth-order valence-electron chi connectivity index (χ4n) is 2.97. The van der Waals surface area contributed by atoms with Crippen LogP contribution >= 0.6 is 24.0 Å². The molecule has 148 valence electrons. The molecule has 5 nitrogen and oxygen atoms in total. The van der Waals surface area contributed by atoms with Crippen LogP contribution in [-0.2, 0) is 6.54 Å². The number of alkyl halides is 3. The van der Waals surface area contributed by atoms with Gasteiger partial charge < -0.3 is 15.4 Å². The van der Waals surface area contributed by atoms with Crippen molar-refractivity contribution in [3.8, 4) is 5.75 Å². The maximum Gasteiger partial charge on any atom is 0.401 e. The maximum atomic E-state index is 12.4. The lowest BCUT2D eigenvalue weighted by Gasteiger charge is -2.19. The Kier molecular flexibility index (Phi) is 9.48. The summed E-state index contributed by atoms with van der Waals surface area (Å²) in [6, 6.07) is 7.69. The van der Waals surface area contributed by atoms with Gasteiger partial charge in [0, 0.05) is 32.2 Å². The van der Waals surface area contributed by atoms with Crippen LogP contribution < -0.4 is 15.4 Å². The Labute approximate surface area is 169 Å². The zero-order valence-corrected chi connectivity index (χ0v) is 17.3. The minimum Gasteiger partial charge on any atom is -0.496 e. The molecule has 1 aliphatic heterocycles. The summed E-state index contributed by atoms with van der Waals surface area (Å²) in [5.74, 6) is 1.61. The second-order valence-electron chi connectivity index (χ2n) is 6.12. The molecule has 0 saturated carbocycles. The molecule has 0 spiro atoms. The van der Waals surface area contributed by atoms with Gasteiger partial charge in [-0.05, 0) is 24.9 Å². The Morgan fingerprint density at radius 1 is 1.31 bits per heavy atom. The van der Waals surface area contributed by atoms with Gasteiger partial charge in [-0.2, -0.15) is 13.2 Å². The molecule has 1 atom stereocenters. The van der Waals surface area contributed by atoms with Gasteiger partial charge in [0.15, 0.2) is 5.96 Å². The van der Waals surface area contributed by atoms with Gasteiger partial charge in [-0.25, -0.2) is 0 Å². The Morgan fingerprint density at radius 3 is 2.69 bits per heavy atom. The fourth-order valence-corrected chi connectivity index (χ4v) is 2.97. The molecule has 0 amide bonds. The van der Waals surface area contributed by atoms with Crippen molar-refractivity contribution in [1.29, 1.82) is 0 Å². The Bertz CT molecular complexity index is 583. The van der Waals surface area contributed by atoms with E-state index in [0.29, 0.717) is 32.1 Å². The summed E-state index contributed by atoms with van der Waals surface area (Å²) in [6.07, 6.45) is -3.37. The van der Waals surface area contributed by atoms with E-state index >= 15 is 0 Å². The summed E-state index contributed by atoms with van der Waals surface area (Å²) in [4.78, 5) is 5.61. The number of guanidine groups is 1. The highest BCUT2D eigenvalue weighted by Gasteiger charge is 2.34. The normalized spacial score (nSPS) is 18.3. The van der Waals surface area contributed by atoms with Crippen molar-refractivity contribution in [1.82, 2.24) is 15.5 Å². The first-order valence-electron chi connectivity index (χ1n) is 8.27. The zero-order chi connectivity index (χ0) is 18.3. The largest absolute Gasteiger partial charge is 0.496 e. The molecule has 0 radical (unpaired) electrons. The highest BCUT2D eigenvalue weighted by atomic mass is 127. The number of nitrogens with one attached hydrogen (secondary N) is 2. The van der Waals surface area contributed by atoms with Gasteiger partial charge in [0.1, 0.15) is 5.75 Å². The minimum absolute atomic E-state index is 0. The van der Waals surface area contributed by atoms with Crippen molar-refractivity contribution in [2.75, 3.05) is 40.3 Å². The molecule has 2 rings (SSSR count). The topological polar surface area (TPSA) is 48.9 Å². The van der Waals surface area contributed by atoms with Gasteiger partial charge in [-0.1, -0.05) is 18.2 Å². The summed E-state index contributed by atoms with van der Waals surface area (Å²) < 4.78 is 42.6. The third-order valence-corrected chi connectivity index (χ3v) is 4.19. The van der Waals surface area contributed by atoms with E-state index in [4.69, 9.17) is 4.74 Å². The number of methoxy groups -OCH3 is 1. The van der Waals surface area contributed by atoms with Gasteiger partial charge >= 0.3 is 6.18 Å². The molecule has 26 heavy (non-hydrogen) atoms. The van der Waals surface area contributed by atoms with Gasteiger partial charge in [-0.15, -0.1) is 24.0 Å². The molecular weight excluding hydrogens is 460 g/mol. The van der Waals surface area contributed by atoms with Crippen LogP contribution in [0, 0.1) is 5.92 Å². The molecule has 0 aliphatic carbocycles. The number of para-hydroxylation sites is 1. The third-order valence-electron chi connectivity index (χ3n) is 4.19. The predicted molar refractivity (Wildman–Crippen MR) is 107 cm³/mol. The van der Waals surface area contributed by atoms with Crippen LogP contribution in [0.4, 0.5) is 13.2 Å². The molecule has 1 fully saturated rings. The molecule has 0 bridgehead atoms. The summed E-state index contributed by atoms with van der Waals surface area (Å²) in [6.45, 7) is 1.26. The van der Waals surface area contributed by atoms with Crippen molar-refractivity contribution in [3.05, 3.63) is 29.8 Å². The number of benzene rings is 1. The molecular formula is C17H26F3IN4O. The van der Waals surface area contributed by atoms with E-state index in [0.717, 1.165) is 17.7 Å². The van der Waals surface area contributed by atoms with E-state index in [2.05, 4.69) is 15.6 Å². The van der Waals surface area contributed by atoms with Gasteiger partial charge in [-0.3, -0.25) is 9.89 Å². The highest BCUT2D eigenvalue weighted by Crippen LogP contribution is 2.22. The summed E-state index contributed by atoms with van der Waals surface area (Å²) in [5.41, 5.74) is 1.00. The first-order valence-corrected chi connectivity index (χ1v) is 8.27. The highest BCUT2D eigenvalue weighted by molar-refractivity contribution is 14.0. The number of ether oxygens (including phenoxy) is 1. The van der Waals surface area contributed by atoms with E-state index in [1.807, 2.05) is 24.3 Å². The van der Waals surface area contributed by atoms with Crippen molar-refractivity contribution < 1.29 is 17.9 Å². The van der Waals surface area contributed by atoms with Crippen LogP contribution in [0.15, 0.2) is 29.3 Å². The molecule has 1 aliphatic rings. The van der Waals surface area contributed by atoms with Crippen LogP contribution in [0.3, 0.4) is 0 Å². The molecule has 9 heteroatoms. The van der Waals surface area contributed by atoms with E-state index in [1.54, 1.807) is 14.2 Å². The predicted octanol–water partition coefficient (Wildman–Crippen LogP) is 2.86. The van der Waals surface area contributed by atoms with Crippen LogP contribution in [0.1, 0.15) is 12.0 Å². The van der Waals surface area contributed by atoms with Crippen molar-refractivity contribution in [2.45, 2.75) is 19.1 Å². The SMILES string of the molecule is CN=C(NCc1ccccc1OC)NCC1CCN(CC(F)(F)F)C1.I. The van der Waals surface area contributed by atoms with Crippen molar-refractivity contribution in [2.24, 2.45) is 10.9 Å². The molecule has 1 aromatic rings. The van der Waals surface area contributed by atoms with E-state index in [-0.39, 0.29) is 29.9 Å². The van der Waals surface area contributed by atoms with Crippen LogP contribution in [0.25, 0.3) is 0 Å². The van der Waals surface area contributed by atoms with Gasteiger partial charge in [0.2, 0.25) is 0 Å². The minimum atomic E-state index is -4.13. The molecule has 0 aromatic heterocycles. The number of nitrogens with zero attached hydrogens (tertiary/aromatic N) is 2. The second-order valence-corrected chi connectivity index (χ2v) is 6.12. The number of halogens is 4. The smallest absolute Gasteiger partial charge is 0.401 e. The first-order chi connectivity index (χ1) is 11.9. The first kappa shape index (κ1) is 22.8. The lowest BCUT2D eigenvalue weighted by molar-refractivity contribution is -0.143. The number of likely N-dealkylation sites (tertiary alicyclic amines) is 1. The second kappa shape index (κ2) is 10.8. The van der Waals surface area contributed by atoms with Crippen LogP contribution in [0.2, 0.25) is 0 Å². The Balaban J connectivity index is 0.00000338. The van der Waals surface area contributed by atoms with E-state index in [9.17, 15) is 13.2 Å². The van der Waals surface area contributed by atoms with Gasteiger partial charge in [0.05, 0.1) is 13.7 Å². The lowest BCUT2D eigenvalue weighted by Crippen LogP contribution is -2.40. The van der Waals surface area contributed by atoms with E-state index in [1.165, 1.54) is 4.90 Å². The zero-order valence-electron chi connectivity index (χ0n) is 15.0. The molecule has 1 heterocycles. The Hall–Kier alpha value is -1.23. The number of hydrogen-bond acceptors (Lipinski definition) is 3. The lowest BCUT2D eigenvalue weighted by atomic mass is 10.1. The average molecular weight is 486 g/mol. The summed E-state index contributed by atoms with van der Waals surface area (Å²) >= 11 is 0.